The van der Waals surface area contributed by atoms with Crippen molar-refractivity contribution in [2.45, 2.75) is 57.8 Å². The van der Waals surface area contributed by atoms with Crippen LogP contribution in [0.15, 0.2) is 30.3 Å². The molecule has 1 aliphatic heterocycles. The van der Waals surface area contributed by atoms with Crippen molar-refractivity contribution >= 4 is 11.7 Å². The van der Waals surface area contributed by atoms with Gasteiger partial charge in [0.05, 0.1) is 0 Å². The number of ketones is 1. The van der Waals surface area contributed by atoms with Gasteiger partial charge >= 0.3 is 0 Å². The van der Waals surface area contributed by atoms with Crippen LogP contribution in [0.25, 0.3) is 0 Å². The minimum atomic E-state index is -0.108. The second-order valence-corrected chi connectivity index (χ2v) is 6.91. The van der Waals surface area contributed by atoms with Gasteiger partial charge in [-0.3, -0.25) is 9.59 Å². The highest BCUT2D eigenvalue weighted by molar-refractivity contribution is 5.80. The van der Waals surface area contributed by atoms with Crippen molar-refractivity contribution in [2.75, 3.05) is 13.1 Å². The zero-order valence-corrected chi connectivity index (χ0v) is 13.8. The van der Waals surface area contributed by atoms with Crippen LogP contribution < -0.4 is 0 Å². The summed E-state index contributed by atoms with van der Waals surface area (Å²) in [6, 6.07) is 10.2. The van der Waals surface area contributed by atoms with E-state index in [0.29, 0.717) is 25.0 Å². The Hall–Kier alpha value is -1.64. The average molecular weight is 301 g/mol. The molecule has 0 N–H and O–H groups in total. The molecule has 0 aromatic heterocycles. The van der Waals surface area contributed by atoms with Crippen LogP contribution in [0, 0.1) is 0 Å². The van der Waals surface area contributed by atoms with E-state index >= 15 is 0 Å². The summed E-state index contributed by atoms with van der Waals surface area (Å²) in [6.07, 6.45) is 4.71. The third-order valence-electron chi connectivity index (χ3n) is 4.50. The maximum atomic E-state index is 12.2. The monoisotopic (exact) mass is 301 g/mol. The Morgan fingerprint density at radius 3 is 2.55 bits per heavy atom. The van der Waals surface area contributed by atoms with E-state index < -0.39 is 0 Å². The third-order valence-corrected chi connectivity index (χ3v) is 4.50. The lowest BCUT2D eigenvalue weighted by Crippen LogP contribution is -2.26. The Balaban J connectivity index is 1.70. The number of unbranched alkanes of at least 4 members (excludes halogenated alkanes) is 1. The minimum Gasteiger partial charge on any atom is -0.343 e. The van der Waals surface area contributed by atoms with Crippen molar-refractivity contribution in [3.63, 3.8) is 0 Å². The lowest BCUT2D eigenvalue weighted by Gasteiger charge is -2.24. The molecule has 2 rings (SSSR count). The van der Waals surface area contributed by atoms with Gasteiger partial charge in [0.2, 0.25) is 5.91 Å². The standard InChI is InChI=1S/C19H27NO2/c1-19(2,16-9-4-3-5-10-16)15-17(21)11-6-7-13-20-14-8-12-18(20)22/h3-5,9-10H,6-8,11-15H2,1-2H3. The highest BCUT2D eigenvalue weighted by Gasteiger charge is 2.24. The number of carbonyl (C=O) groups is 2. The van der Waals surface area contributed by atoms with Crippen molar-refractivity contribution in [2.24, 2.45) is 0 Å². The van der Waals surface area contributed by atoms with Gasteiger partial charge in [-0.1, -0.05) is 44.2 Å². The molecule has 22 heavy (non-hydrogen) atoms. The number of hydrogen-bond acceptors (Lipinski definition) is 2. The topological polar surface area (TPSA) is 37.4 Å². The fourth-order valence-electron chi connectivity index (χ4n) is 3.14. The summed E-state index contributed by atoms with van der Waals surface area (Å²) in [7, 11) is 0. The van der Waals surface area contributed by atoms with Crippen molar-refractivity contribution in [3.8, 4) is 0 Å². The predicted molar refractivity (Wildman–Crippen MR) is 88.8 cm³/mol. The number of carbonyl (C=O) groups excluding carboxylic acids is 2. The Morgan fingerprint density at radius 2 is 1.91 bits per heavy atom. The van der Waals surface area contributed by atoms with Gasteiger partial charge in [-0.25, -0.2) is 0 Å². The molecule has 3 nitrogen and oxygen atoms in total. The lowest BCUT2D eigenvalue weighted by atomic mass is 9.79. The van der Waals surface area contributed by atoms with E-state index in [1.54, 1.807) is 0 Å². The molecule has 3 heteroatoms. The molecule has 0 atom stereocenters. The second-order valence-electron chi connectivity index (χ2n) is 6.91. The van der Waals surface area contributed by atoms with E-state index in [4.69, 9.17) is 0 Å². The number of likely N-dealkylation sites (tertiary alicyclic amines) is 1. The molecule has 1 aromatic rings. The third kappa shape index (κ3) is 4.69. The van der Waals surface area contributed by atoms with E-state index in [-0.39, 0.29) is 11.3 Å². The van der Waals surface area contributed by atoms with Crippen LogP contribution in [0.3, 0.4) is 0 Å². The SMILES string of the molecule is CC(C)(CC(=O)CCCCN1CCCC1=O)c1ccccc1. The molecule has 1 aromatic carbocycles. The van der Waals surface area contributed by atoms with Crippen LogP contribution >= 0.6 is 0 Å². The molecule has 0 saturated carbocycles. The highest BCUT2D eigenvalue weighted by Crippen LogP contribution is 2.27. The molecule has 0 radical (unpaired) electrons. The molecule has 1 fully saturated rings. The Labute approximate surface area is 133 Å². The summed E-state index contributed by atoms with van der Waals surface area (Å²) in [5, 5.41) is 0. The van der Waals surface area contributed by atoms with Gasteiger partial charge < -0.3 is 4.90 Å². The summed E-state index contributed by atoms with van der Waals surface area (Å²) in [5.74, 6) is 0.595. The molecule has 120 valence electrons. The number of rotatable bonds is 8. The molecular formula is C19H27NO2. The first-order valence-corrected chi connectivity index (χ1v) is 8.34. The number of Topliss-reactive ketones (excluding diaryl/α,β-unsaturated/α-hetero) is 1. The maximum Gasteiger partial charge on any atom is 0.222 e. The number of amides is 1. The summed E-state index contributed by atoms with van der Waals surface area (Å²) in [4.78, 5) is 25.6. The number of nitrogens with zero attached hydrogens (tertiary/aromatic N) is 1. The molecule has 1 amide bonds. The van der Waals surface area contributed by atoms with E-state index in [9.17, 15) is 9.59 Å². The first-order valence-electron chi connectivity index (χ1n) is 8.34. The van der Waals surface area contributed by atoms with Crippen molar-refractivity contribution < 1.29 is 9.59 Å². The molecule has 0 unspecified atom stereocenters. The lowest BCUT2D eigenvalue weighted by molar-refractivity contribution is -0.127. The van der Waals surface area contributed by atoms with E-state index in [1.807, 2.05) is 23.1 Å². The molecule has 0 aliphatic carbocycles. The molecule has 1 aliphatic rings. The second kappa shape index (κ2) is 7.57. The Kier molecular flexibility index (Phi) is 5.76. The normalized spacial score (nSPS) is 15.4. The summed E-state index contributed by atoms with van der Waals surface area (Å²) >= 11 is 0. The van der Waals surface area contributed by atoms with Crippen molar-refractivity contribution in [1.82, 2.24) is 4.90 Å². The van der Waals surface area contributed by atoms with Gasteiger partial charge in [0.15, 0.2) is 0 Å². The maximum absolute atomic E-state index is 12.2. The van der Waals surface area contributed by atoms with Crippen LogP contribution in [0.2, 0.25) is 0 Å². The van der Waals surface area contributed by atoms with Crippen LogP contribution in [0.5, 0.6) is 0 Å². The summed E-state index contributed by atoms with van der Waals surface area (Å²) in [5.41, 5.74) is 1.11. The zero-order chi connectivity index (χ0) is 16.0. The van der Waals surface area contributed by atoms with Crippen LogP contribution in [-0.4, -0.2) is 29.7 Å². The molecular weight excluding hydrogens is 274 g/mol. The Morgan fingerprint density at radius 1 is 1.18 bits per heavy atom. The van der Waals surface area contributed by atoms with Crippen molar-refractivity contribution in [1.29, 1.82) is 0 Å². The minimum absolute atomic E-state index is 0.108. The van der Waals surface area contributed by atoms with Crippen molar-refractivity contribution in [3.05, 3.63) is 35.9 Å². The van der Waals surface area contributed by atoms with Gasteiger partial charge in [0.25, 0.3) is 0 Å². The zero-order valence-electron chi connectivity index (χ0n) is 13.8. The van der Waals surface area contributed by atoms with E-state index in [2.05, 4.69) is 26.0 Å². The largest absolute Gasteiger partial charge is 0.343 e. The molecule has 1 saturated heterocycles. The summed E-state index contributed by atoms with van der Waals surface area (Å²) in [6.45, 7) is 5.97. The van der Waals surface area contributed by atoms with Crippen LogP contribution in [0.1, 0.15) is 57.9 Å². The van der Waals surface area contributed by atoms with E-state index in [1.165, 1.54) is 5.56 Å². The van der Waals surface area contributed by atoms with Gasteiger partial charge in [-0.15, -0.1) is 0 Å². The smallest absolute Gasteiger partial charge is 0.222 e. The van der Waals surface area contributed by atoms with Crippen LogP contribution in [0.4, 0.5) is 0 Å². The summed E-state index contributed by atoms with van der Waals surface area (Å²) < 4.78 is 0. The van der Waals surface area contributed by atoms with E-state index in [0.717, 1.165) is 32.4 Å². The Bertz CT molecular complexity index is 507. The van der Waals surface area contributed by atoms with Gasteiger partial charge in [-0.05, 0) is 30.2 Å². The molecule has 0 spiro atoms. The molecule has 1 heterocycles. The fraction of sp³-hybridized carbons (Fsp3) is 0.579. The van der Waals surface area contributed by atoms with Gasteiger partial charge in [0, 0.05) is 32.4 Å². The average Bonchev–Trinajstić information content (AvgIpc) is 2.89. The fourth-order valence-corrected chi connectivity index (χ4v) is 3.14. The predicted octanol–water partition coefficient (Wildman–Crippen LogP) is 3.72. The first-order chi connectivity index (χ1) is 10.5. The number of benzene rings is 1. The van der Waals surface area contributed by atoms with Gasteiger partial charge in [0.1, 0.15) is 5.78 Å². The van der Waals surface area contributed by atoms with Gasteiger partial charge in [-0.2, -0.15) is 0 Å². The van der Waals surface area contributed by atoms with Crippen LogP contribution in [-0.2, 0) is 15.0 Å². The molecule has 0 bridgehead atoms. The number of hydrogen-bond donors (Lipinski definition) is 0. The highest BCUT2D eigenvalue weighted by atomic mass is 16.2. The quantitative estimate of drug-likeness (QED) is 0.686. The first kappa shape index (κ1) is 16.7.